The molecule has 24 heavy (non-hydrogen) atoms. The van der Waals surface area contributed by atoms with Gasteiger partial charge in [-0.05, 0) is 18.1 Å². The van der Waals surface area contributed by atoms with Crippen molar-refractivity contribution in [3.63, 3.8) is 0 Å². The molecule has 1 aliphatic rings. The van der Waals surface area contributed by atoms with Crippen LogP contribution in [0.15, 0.2) is 24.5 Å². The number of nitrogens with zero attached hydrogens (tertiary/aromatic N) is 2. The number of pyridine rings is 1. The van der Waals surface area contributed by atoms with Crippen LogP contribution in [0.4, 0.5) is 0 Å². The third-order valence-electron chi connectivity index (χ3n) is 4.41. The lowest BCUT2D eigenvalue weighted by atomic mass is 9.93. The number of aliphatic carboxylic acids is 1. The van der Waals surface area contributed by atoms with Crippen molar-refractivity contribution in [1.82, 2.24) is 15.2 Å². The molecule has 130 valence electrons. The van der Waals surface area contributed by atoms with E-state index in [1.54, 1.807) is 25.5 Å². The van der Waals surface area contributed by atoms with E-state index in [0.29, 0.717) is 12.8 Å². The Kier molecular flexibility index (Phi) is 5.89. The predicted molar refractivity (Wildman–Crippen MR) is 86.9 cm³/mol. The Bertz CT molecular complexity index is 605. The van der Waals surface area contributed by atoms with Crippen LogP contribution in [-0.4, -0.2) is 45.9 Å². The van der Waals surface area contributed by atoms with Gasteiger partial charge >= 0.3 is 5.97 Å². The summed E-state index contributed by atoms with van der Waals surface area (Å²) >= 11 is 0. The maximum atomic E-state index is 12.6. The van der Waals surface area contributed by atoms with Gasteiger partial charge in [-0.3, -0.25) is 14.6 Å². The maximum Gasteiger partial charge on any atom is 0.326 e. The van der Waals surface area contributed by atoms with E-state index in [9.17, 15) is 19.5 Å². The minimum Gasteiger partial charge on any atom is -0.480 e. The van der Waals surface area contributed by atoms with Crippen LogP contribution in [0.5, 0.6) is 0 Å². The molecule has 1 saturated heterocycles. The molecular weight excluding hydrogens is 310 g/mol. The molecule has 2 rings (SSSR count). The van der Waals surface area contributed by atoms with Gasteiger partial charge in [0.25, 0.3) is 0 Å². The molecule has 2 heterocycles. The van der Waals surface area contributed by atoms with Crippen molar-refractivity contribution in [2.24, 2.45) is 5.92 Å². The molecule has 0 spiro atoms. The first-order valence-electron chi connectivity index (χ1n) is 8.14. The molecule has 3 atom stereocenters. The third kappa shape index (κ3) is 3.90. The van der Waals surface area contributed by atoms with Gasteiger partial charge in [-0.1, -0.05) is 25.8 Å². The summed E-state index contributed by atoms with van der Waals surface area (Å²) < 4.78 is 0. The van der Waals surface area contributed by atoms with Gasteiger partial charge in [0.05, 0.1) is 12.0 Å². The van der Waals surface area contributed by atoms with Gasteiger partial charge in [0.15, 0.2) is 0 Å². The number of carboxylic acids is 1. The zero-order valence-electron chi connectivity index (χ0n) is 13.9. The molecule has 2 amide bonds. The lowest BCUT2D eigenvalue weighted by Gasteiger charge is -2.25. The van der Waals surface area contributed by atoms with E-state index in [2.05, 4.69) is 10.3 Å². The topological polar surface area (TPSA) is 99.6 Å². The van der Waals surface area contributed by atoms with E-state index >= 15 is 0 Å². The summed E-state index contributed by atoms with van der Waals surface area (Å²) in [6.07, 6.45) is 5.27. The Morgan fingerprint density at radius 2 is 2.25 bits per heavy atom. The van der Waals surface area contributed by atoms with Crippen LogP contribution < -0.4 is 5.32 Å². The number of aromatic nitrogens is 1. The Morgan fingerprint density at radius 3 is 2.83 bits per heavy atom. The summed E-state index contributed by atoms with van der Waals surface area (Å²) in [5.74, 6) is -2.20. The normalized spacial score (nSPS) is 21.6. The fourth-order valence-corrected chi connectivity index (χ4v) is 3.06. The monoisotopic (exact) mass is 333 g/mol. The fourth-order valence-electron chi connectivity index (χ4n) is 3.06. The first-order chi connectivity index (χ1) is 11.5. The van der Waals surface area contributed by atoms with Crippen LogP contribution >= 0.6 is 0 Å². The number of unbranched alkanes of at least 4 members (excludes halogenated alkanes) is 1. The Morgan fingerprint density at radius 1 is 1.50 bits per heavy atom. The smallest absolute Gasteiger partial charge is 0.326 e. The van der Waals surface area contributed by atoms with Gasteiger partial charge < -0.3 is 15.3 Å². The highest BCUT2D eigenvalue weighted by Crippen LogP contribution is 2.36. The molecule has 0 aliphatic carbocycles. The van der Waals surface area contributed by atoms with Crippen molar-refractivity contribution in [1.29, 1.82) is 0 Å². The molecule has 0 bridgehead atoms. The van der Waals surface area contributed by atoms with Crippen molar-refractivity contribution in [2.45, 2.75) is 44.7 Å². The second kappa shape index (κ2) is 7.90. The number of carbonyl (C=O) groups is 3. The van der Waals surface area contributed by atoms with Crippen LogP contribution in [0, 0.1) is 5.92 Å². The molecule has 2 unspecified atom stereocenters. The zero-order valence-corrected chi connectivity index (χ0v) is 13.9. The van der Waals surface area contributed by atoms with Crippen molar-refractivity contribution in [2.75, 3.05) is 7.05 Å². The molecule has 1 fully saturated rings. The molecule has 1 aromatic heterocycles. The average molecular weight is 333 g/mol. The number of hydrogen-bond acceptors (Lipinski definition) is 4. The molecule has 7 nitrogen and oxygen atoms in total. The van der Waals surface area contributed by atoms with Gasteiger partial charge in [0.1, 0.15) is 6.04 Å². The molecule has 2 N–H and O–H groups in total. The van der Waals surface area contributed by atoms with Gasteiger partial charge in [0.2, 0.25) is 11.8 Å². The second-order valence-electron chi connectivity index (χ2n) is 6.09. The number of nitrogens with one attached hydrogen (secondary N) is 1. The number of rotatable bonds is 7. The largest absolute Gasteiger partial charge is 0.480 e. The van der Waals surface area contributed by atoms with Crippen molar-refractivity contribution >= 4 is 17.8 Å². The van der Waals surface area contributed by atoms with Crippen LogP contribution in [0.2, 0.25) is 0 Å². The minimum absolute atomic E-state index is 0.0714. The standard InChI is InChI=1S/C17H23N3O4/c1-3-4-7-13(17(23)24)19-16(22)12-9-14(21)20(2)15(12)11-6-5-8-18-10-11/h5-6,8,10,12-13,15H,3-4,7,9H2,1-2H3,(H,19,22)(H,23,24)/t12?,13-,15?/m0/s1. The summed E-state index contributed by atoms with van der Waals surface area (Å²) in [7, 11) is 1.65. The van der Waals surface area contributed by atoms with Crippen LogP contribution in [-0.2, 0) is 14.4 Å². The SMILES string of the molecule is CCCC[C@H](NC(=O)C1CC(=O)N(C)C1c1cccnc1)C(=O)O. The van der Waals surface area contributed by atoms with Crippen molar-refractivity contribution in [3.05, 3.63) is 30.1 Å². The number of amides is 2. The van der Waals surface area contributed by atoms with Gasteiger partial charge in [-0.15, -0.1) is 0 Å². The number of likely N-dealkylation sites (tertiary alicyclic amines) is 1. The summed E-state index contributed by atoms with van der Waals surface area (Å²) in [5.41, 5.74) is 0.770. The summed E-state index contributed by atoms with van der Waals surface area (Å²) in [4.78, 5) is 41.6. The summed E-state index contributed by atoms with van der Waals surface area (Å²) in [6.45, 7) is 1.96. The van der Waals surface area contributed by atoms with E-state index < -0.39 is 29.9 Å². The molecule has 0 radical (unpaired) electrons. The molecule has 0 saturated carbocycles. The summed E-state index contributed by atoms with van der Waals surface area (Å²) in [5, 5.41) is 11.9. The number of carbonyl (C=O) groups excluding carboxylic acids is 2. The van der Waals surface area contributed by atoms with Gasteiger partial charge in [0, 0.05) is 25.9 Å². The number of carboxylic acid groups (broad SMARTS) is 1. The first kappa shape index (κ1) is 17.9. The molecule has 7 heteroatoms. The van der Waals surface area contributed by atoms with E-state index in [4.69, 9.17) is 0 Å². The highest BCUT2D eigenvalue weighted by molar-refractivity contribution is 5.92. The number of hydrogen-bond donors (Lipinski definition) is 2. The average Bonchev–Trinajstić information content (AvgIpc) is 2.87. The highest BCUT2D eigenvalue weighted by Gasteiger charge is 2.43. The first-order valence-corrected chi connectivity index (χ1v) is 8.14. The van der Waals surface area contributed by atoms with Crippen molar-refractivity contribution < 1.29 is 19.5 Å². The maximum absolute atomic E-state index is 12.6. The van der Waals surface area contributed by atoms with E-state index in [1.807, 2.05) is 13.0 Å². The van der Waals surface area contributed by atoms with Crippen LogP contribution in [0.1, 0.15) is 44.2 Å². The lowest BCUT2D eigenvalue weighted by molar-refractivity contribution is -0.142. The third-order valence-corrected chi connectivity index (χ3v) is 4.41. The fraction of sp³-hybridized carbons (Fsp3) is 0.529. The zero-order chi connectivity index (χ0) is 17.7. The molecule has 1 aromatic rings. The quantitative estimate of drug-likeness (QED) is 0.785. The van der Waals surface area contributed by atoms with E-state index in [-0.39, 0.29) is 12.3 Å². The predicted octanol–water partition coefficient (Wildman–Crippen LogP) is 1.36. The van der Waals surface area contributed by atoms with Gasteiger partial charge in [-0.25, -0.2) is 4.79 Å². The van der Waals surface area contributed by atoms with Crippen molar-refractivity contribution in [3.8, 4) is 0 Å². The second-order valence-corrected chi connectivity index (χ2v) is 6.09. The highest BCUT2D eigenvalue weighted by atomic mass is 16.4. The molecular formula is C17H23N3O4. The summed E-state index contributed by atoms with van der Waals surface area (Å²) in [6, 6.07) is 2.22. The van der Waals surface area contributed by atoms with E-state index in [1.165, 1.54) is 4.90 Å². The van der Waals surface area contributed by atoms with Crippen LogP contribution in [0.25, 0.3) is 0 Å². The van der Waals surface area contributed by atoms with Crippen LogP contribution in [0.3, 0.4) is 0 Å². The van der Waals surface area contributed by atoms with Gasteiger partial charge in [-0.2, -0.15) is 0 Å². The minimum atomic E-state index is -1.05. The lowest BCUT2D eigenvalue weighted by Crippen LogP contribution is -2.44. The van der Waals surface area contributed by atoms with E-state index in [0.717, 1.165) is 12.0 Å². The molecule has 1 aliphatic heterocycles. The Hall–Kier alpha value is -2.44. The Labute approximate surface area is 141 Å². The molecule has 0 aromatic carbocycles. The Balaban J connectivity index is 2.17.